The minimum absolute atomic E-state index is 0.0632. The number of hydrogen-bond donors (Lipinski definition) is 1. The van der Waals surface area contributed by atoms with E-state index in [-0.39, 0.29) is 12.1 Å². The van der Waals surface area contributed by atoms with Gasteiger partial charge in [-0.25, -0.2) is 8.78 Å². The van der Waals surface area contributed by atoms with Crippen molar-refractivity contribution in [2.45, 2.75) is 12.8 Å². The number of fused-ring (bicyclic) bond motifs is 1. The first-order valence-corrected chi connectivity index (χ1v) is 7.74. The van der Waals surface area contributed by atoms with Gasteiger partial charge in [0.15, 0.2) is 23.1 Å². The minimum atomic E-state index is -1.09. The summed E-state index contributed by atoms with van der Waals surface area (Å²) in [4.78, 5) is 12.1. The Kier molecular flexibility index (Phi) is 4.85. The van der Waals surface area contributed by atoms with Crippen LogP contribution in [0.1, 0.15) is 12.0 Å². The second kappa shape index (κ2) is 7.05. The molecule has 24 heavy (non-hydrogen) atoms. The van der Waals surface area contributed by atoms with Crippen molar-refractivity contribution in [2.24, 2.45) is 0 Å². The highest BCUT2D eigenvalue weighted by molar-refractivity contribution is 6.32. The van der Waals surface area contributed by atoms with E-state index >= 15 is 0 Å². The van der Waals surface area contributed by atoms with E-state index in [0.717, 1.165) is 12.5 Å². The van der Waals surface area contributed by atoms with Crippen LogP contribution in [-0.2, 0) is 11.2 Å². The Morgan fingerprint density at radius 2 is 2.00 bits per heavy atom. The maximum Gasteiger partial charge on any atom is 0.228 e. The summed E-state index contributed by atoms with van der Waals surface area (Å²) in [5.41, 5.74) is 0.374. The highest BCUT2D eigenvalue weighted by Gasteiger charge is 2.17. The van der Waals surface area contributed by atoms with Gasteiger partial charge in [-0.15, -0.1) is 0 Å². The summed E-state index contributed by atoms with van der Waals surface area (Å²) in [6, 6.07) is 6.84. The number of anilines is 1. The molecule has 1 amide bonds. The lowest BCUT2D eigenvalue weighted by molar-refractivity contribution is -0.115. The van der Waals surface area contributed by atoms with Crippen LogP contribution in [0.5, 0.6) is 11.5 Å². The smallest absolute Gasteiger partial charge is 0.228 e. The molecule has 0 radical (unpaired) electrons. The number of hydrogen-bond acceptors (Lipinski definition) is 3. The molecule has 1 aliphatic heterocycles. The third kappa shape index (κ3) is 3.59. The normalized spacial score (nSPS) is 13.3. The second-order valence-electron chi connectivity index (χ2n) is 5.28. The third-order valence-electron chi connectivity index (χ3n) is 3.45. The van der Waals surface area contributed by atoms with Crippen LogP contribution in [0.25, 0.3) is 0 Å². The average Bonchev–Trinajstić information content (AvgIpc) is 2.77. The van der Waals surface area contributed by atoms with Gasteiger partial charge in [0.05, 0.1) is 30.3 Å². The zero-order valence-electron chi connectivity index (χ0n) is 12.6. The van der Waals surface area contributed by atoms with Crippen molar-refractivity contribution in [1.29, 1.82) is 0 Å². The topological polar surface area (TPSA) is 47.6 Å². The number of nitrogens with one attached hydrogen (secondary N) is 1. The lowest BCUT2D eigenvalue weighted by Gasteiger charge is -2.12. The molecule has 0 bridgehead atoms. The van der Waals surface area contributed by atoms with Crippen LogP contribution in [0.15, 0.2) is 30.3 Å². The second-order valence-corrected chi connectivity index (χ2v) is 5.69. The van der Waals surface area contributed by atoms with Crippen molar-refractivity contribution in [3.05, 3.63) is 52.6 Å². The zero-order chi connectivity index (χ0) is 17.1. The van der Waals surface area contributed by atoms with Crippen molar-refractivity contribution in [2.75, 3.05) is 18.5 Å². The van der Waals surface area contributed by atoms with Crippen molar-refractivity contribution in [3.8, 4) is 11.5 Å². The largest absolute Gasteiger partial charge is 0.489 e. The fourth-order valence-corrected chi connectivity index (χ4v) is 2.65. The first-order valence-electron chi connectivity index (χ1n) is 7.36. The van der Waals surface area contributed by atoms with Gasteiger partial charge in [-0.1, -0.05) is 17.7 Å². The summed E-state index contributed by atoms with van der Waals surface area (Å²) in [6.45, 7) is 0.999. The molecule has 2 aromatic rings. The Labute approximate surface area is 142 Å². The highest BCUT2D eigenvalue weighted by Crippen LogP contribution is 2.38. The standard InChI is InChI=1S/C17H14ClF2NO3/c18-11-7-10(8-14-17(11)24-6-2-5-23-14)9-15(22)21-13-4-1-3-12(19)16(13)20/h1,3-4,7-8H,2,5-6,9H2,(H,21,22). The predicted octanol–water partition coefficient (Wildman–Crippen LogP) is 3.96. The van der Waals surface area contributed by atoms with Gasteiger partial charge in [0.25, 0.3) is 0 Å². The lowest BCUT2D eigenvalue weighted by Crippen LogP contribution is -2.16. The first kappa shape index (κ1) is 16.5. The van der Waals surface area contributed by atoms with Gasteiger partial charge in [0.2, 0.25) is 5.91 Å². The van der Waals surface area contributed by atoms with E-state index in [1.54, 1.807) is 12.1 Å². The monoisotopic (exact) mass is 353 g/mol. The molecule has 0 spiro atoms. The lowest BCUT2D eigenvalue weighted by atomic mass is 10.1. The number of halogens is 3. The third-order valence-corrected chi connectivity index (χ3v) is 3.73. The summed E-state index contributed by atoms with van der Waals surface area (Å²) >= 11 is 6.16. The van der Waals surface area contributed by atoms with Crippen LogP contribution < -0.4 is 14.8 Å². The molecular weight excluding hydrogens is 340 g/mol. The summed E-state index contributed by atoms with van der Waals surface area (Å²) in [5, 5.41) is 2.68. The first-order chi connectivity index (χ1) is 11.5. The van der Waals surface area contributed by atoms with Crippen LogP contribution >= 0.6 is 11.6 Å². The van der Waals surface area contributed by atoms with E-state index in [2.05, 4.69) is 5.32 Å². The van der Waals surface area contributed by atoms with Gasteiger partial charge in [0.1, 0.15) is 0 Å². The van der Waals surface area contributed by atoms with Gasteiger partial charge < -0.3 is 14.8 Å². The van der Waals surface area contributed by atoms with Gasteiger partial charge in [0, 0.05) is 6.42 Å². The fraction of sp³-hybridized carbons (Fsp3) is 0.235. The van der Waals surface area contributed by atoms with E-state index in [1.807, 2.05) is 0 Å². The molecule has 4 nitrogen and oxygen atoms in total. The Bertz CT molecular complexity index is 783. The van der Waals surface area contributed by atoms with E-state index in [9.17, 15) is 13.6 Å². The van der Waals surface area contributed by atoms with E-state index in [0.29, 0.717) is 35.3 Å². The van der Waals surface area contributed by atoms with E-state index < -0.39 is 17.5 Å². The molecule has 126 valence electrons. The van der Waals surface area contributed by atoms with E-state index in [1.165, 1.54) is 12.1 Å². The maximum atomic E-state index is 13.6. The zero-order valence-corrected chi connectivity index (χ0v) is 13.3. The molecule has 0 aliphatic carbocycles. The van der Waals surface area contributed by atoms with Gasteiger partial charge >= 0.3 is 0 Å². The molecule has 1 aliphatic rings. The van der Waals surface area contributed by atoms with Gasteiger partial charge in [-0.05, 0) is 29.8 Å². The minimum Gasteiger partial charge on any atom is -0.489 e. The Morgan fingerprint density at radius 3 is 2.83 bits per heavy atom. The van der Waals surface area contributed by atoms with Crippen LogP contribution in [0.2, 0.25) is 5.02 Å². The summed E-state index contributed by atoms with van der Waals surface area (Å²) in [5.74, 6) is -1.69. The van der Waals surface area contributed by atoms with Gasteiger partial charge in [-0.2, -0.15) is 0 Å². The van der Waals surface area contributed by atoms with Crippen molar-refractivity contribution < 1.29 is 23.0 Å². The molecule has 0 saturated carbocycles. The number of carbonyl (C=O) groups excluding carboxylic acids is 1. The van der Waals surface area contributed by atoms with Crippen molar-refractivity contribution in [3.63, 3.8) is 0 Å². The number of rotatable bonds is 3. The molecule has 1 heterocycles. The van der Waals surface area contributed by atoms with Crippen LogP contribution in [0, 0.1) is 11.6 Å². The Morgan fingerprint density at radius 1 is 1.21 bits per heavy atom. The summed E-state index contributed by atoms with van der Waals surface area (Å²) in [6.07, 6.45) is 0.673. The molecule has 0 fully saturated rings. The number of carbonyl (C=O) groups is 1. The van der Waals surface area contributed by atoms with E-state index in [4.69, 9.17) is 21.1 Å². The molecule has 3 rings (SSSR count). The Hall–Kier alpha value is -2.34. The number of ether oxygens (including phenoxy) is 2. The molecule has 0 unspecified atom stereocenters. The predicted molar refractivity (Wildman–Crippen MR) is 85.8 cm³/mol. The van der Waals surface area contributed by atoms with Crippen LogP contribution in [0.4, 0.5) is 14.5 Å². The number of benzene rings is 2. The average molecular weight is 354 g/mol. The molecule has 7 heteroatoms. The molecular formula is C17H14ClF2NO3. The Balaban J connectivity index is 1.76. The van der Waals surface area contributed by atoms with Gasteiger partial charge in [-0.3, -0.25) is 4.79 Å². The summed E-state index contributed by atoms with van der Waals surface area (Å²) in [7, 11) is 0. The fourth-order valence-electron chi connectivity index (χ4n) is 2.37. The van der Waals surface area contributed by atoms with Crippen molar-refractivity contribution >= 4 is 23.2 Å². The quantitative estimate of drug-likeness (QED) is 0.908. The molecule has 2 aromatic carbocycles. The van der Waals surface area contributed by atoms with Crippen LogP contribution in [-0.4, -0.2) is 19.1 Å². The SMILES string of the molecule is O=C(Cc1cc(Cl)c2c(c1)OCCCO2)Nc1cccc(F)c1F. The molecule has 0 atom stereocenters. The molecule has 1 N–H and O–H groups in total. The summed E-state index contributed by atoms with van der Waals surface area (Å²) < 4.78 is 37.8. The molecule has 0 aromatic heterocycles. The van der Waals surface area contributed by atoms with Crippen LogP contribution in [0.3, 0.4) is 0 Å². The molecule has 0 saturated heterocycles. The van der Waals surface area contributed by atoms with Crippen molar-refractivity contribution in [1.82, 2.24) is 0 Å². The maximum absolute atomic E-state index is 13.6. The highest BCUT2D eigenvalue weighted by atomic mass is 35.5. The number of amides is 1.